The van der Waals surface area contributed by atoms with Crippen LogP contribution < -0.4 is 0 Å². The molecule has 0 rings (SSSR count). The Morgan fingerprint density at radius 2 is 2.29 bits per heavy atom. The Labute approximate surface area is 44.0 Å². The van der Waals surface area contributed by atoms with Crippen LogP contribution in [0.15, 0.2) is 24.8 Å². The van der Waals surface area contributed by atoms with Gasteiger partial charge in [0.1, 0.15) is 0 Å². The van der Waals surface area contributed by atoms with Gasteiger partial charge < -0.3 is 5.11 Å². The average molecular weight is 98.1 g/mol. The summed E-state index contributed by atoms with van der Waals surface area (Å²) in [5.74, 6) is 0. The highest BCUT2D eigenvalue weighted by atomic mass is 16.3. The Hall–Kier alpha value is -0.560. The highest BCUT2D eigenvalue weighted by molar-refractivity contribution is 5.04. The molecule has 0 aromatic carbocycles. The molecule has 0 unspecified atom stereocenters. The summed E-state index contributed by atoms with van der Waals surface area (Å²) in [7, 11) is 0. The lowest BCUT2D eigenvalue weighted by Gasteiger charge is -1.99. The molecule has 0 bridgehead atoms. The first-order chi connectivity index (χ1) is 3.18. The van der Waals surface area contributed by atoms with Crippen molar-refractivity contribution in [1.29, 1.82) is 0 Å². The number of rotatable bonds is 2. The molecule has 0 aliphatic heterocycles. The van der Waals surface area contributed by atoms with E-state index in [2.05, 4.69) is 13.2 Å². The quantitative estimate of drug-likeness (QED) is 0.513. The molecule has 0 fully saturated rings. The molecule has 0 heterocycles. The Kier molecular flexibility index (Phi) is 2.38. The van der Waals surface area contributed by atoms with Crippen LogP contribution in [0.2, 0.25) is 0 Å². The van der Waals surface area contributed by atoms with E-state index in [9.17, 15) is 0 Å². The van der Waals surface area contributed by atoms with E-state index in [1.54, 1.807) is 6.92 Å². The molecule has 0 amide bonds. The summed E-state index contributed by atoms with van der Waals surface area (Å²) >= 11 is 0. The molecule has 1 atom stereocenters. The van der Waals surface area contributed by atoms with Crippen LogP contribution in [-0.4, -0.2) is 11.2 Å². The Morgan fingerprint density at radius 1 is 1.86 bits per heavy atom. The minimum absolute atomic E-state index is 0.528. The predicted molar refractivity (Wildman–Crippen MR) is 31.0 cm³/mol. The number of aliphatic hydroxyl groups excluding tert-OH is 1. The summed E-state index contributed by atoms with van der Waals surface area (Å²) < 4.78 is 0. The van der Waals surface area contributed by atoms with Gasteiger partial charge in [0.25, 0.3) is 0 Å². The van der Waals surface area contributed by atoms with Gasteiger partial charge in [-0.1, -0.05) is 12.7 Å². The van der Waals surface area contributed by atoms with Crippen LogP contribution in [0.4, 0.5) is 0 Å². The molecular formula is C6H10O. The number of hydrogen-bond donors (Lipinski definition) is 1. The third-order valence-corrected chi connectivity index (χ3v) is 0.728. The highest BCUT2D eigenvalue weighted by Crippen LogP contribution is 1.95. The van der Waals surface area contributed by atoms with Crippen molar-refractivity contribution in [3.63, 3.8) is 0 Å². The van der Waals surface area contributed by atoms with E-state index in [-0.39, 0.29) is 0 Å². The summed E-state index contributed by atoms with van der Waals surface area (Å²) in [6.45, 7) is 8.63. The molecule has 7 heavy (non-hydrogen) atoms. The maximum absolute atomic E-state index is 8.72. The van der Waals surface area contributed by atoms with Crippen molar-refractivity contribution in [1.82, 2.24) is 0 Å². The van der Waals surface area contributed by atoms with Crippen molar-refractivity contribution >= 4 is 0 Å². The van der Waals surface area contributed by atoms with Gasteiger partial charge in [-0.2, -0.15) is 0 Å². The van der Waals surface area contributed by atoms with Crippen LogP contribution in [0.5, 0.6) is 0 Å². The normalized spacial score (nSPS) is 12.9. The van der Waals surface area contributed by atoms with Crippen LogP contribution in [0, 0.1) is 0 Å². The van der Waals surface area contributed by atoms with Crippen molar-refractivity contribution < 1.29 is 5.11 Å². The van der Waals surface area contributed by atoms with Gasteiger partial charge in [-0.15, -0.1) is 6.58 Å². The molecule has 1 N–H and O–H groups in total. The maximum atomic E-state index is 8.72. The van der Waals surface area contributed by atoms with Gasteiger partial charge in [0, 0.05) is 0 Å². The van der Waals surface area contributed by atoms with E-state index in [0.717, 1.165) is 5.57 Å². The van der Waals surface area contributed by atoms with Gasteiger partial charge in [0.15, 0.2) is 0 Å². The Bertz CT molecular complexity index is 84.2. The number of hydrogen-bond acceptors (Lipinski definition) is 1. The van der Waals surface area contributed by atoms with Crippen LogP contribution >= 0.6 is 0 Å². The van der Waals surface area contributed by atoms with E-state index in [4.69, 9.17) is 5.11 Å². The molecule has 0 aromatic heterocycles. The van der Waals surface area contributed by atoms with Gasteiger partial charge in [0.05, 0.1) is 6.10 Å². The second-order valence-electron chi connectivity index (χ2n) is 1.53. The van der Waals surface area contributed by atoms with Crippen molar-refractivity contribution in [3.05, 3.63) is 24.8 Å². The molecule has 0 saturated carbocycles. The minimum atomic E-state index is -0.528. The van der Waals surface area contributed by atoms with Crippen molar-refractivity contribution in [2.45, 2.75) is 13.0 Å². The third-order valence-electron chi connectivity index (χ3n) is 0.728. The fourth-order valence-electron chi connectivity index (χ4n) is 0.201. The topological polar surface area (TPSA) is 20.2 Å². The second kappa shape index (κ2) is 2.59. The minimum Gasteiger partial charge on any atom is -0.385 e. The van der Waals surface area contributed by atoms with Crippen LogP contribution in [0.25, 0.3) is 0 Å². The highest BCUT2D eigenvalue weighted by Gasteiger charge is 1.93. The van der Waals surface area contributed by atoms with E-state index < -0.39 is 6.10 Å². The zero-order valence-electron chi connectivity index (χ0n) is 4.52. The van der Waals surface area contributed by atoms with Crippen LogP contribution in [0.1, 0.15) is 6.92 Å². The fourth-order valence-corrected chi connectivity index (χ4v) is 0.201. The van der Waals surface area contributed by atoms with E-state index in [1.165, 1.54) is 6.08 Å². The SMILES string of the molecule is C=C[C@H](O)C(=C)C. The summed E-state index contributed by atoms with van der Waals surface area (Å²) in [6, 6.07) is 0. The van der Waals surface area contributed by atoms with E-state index in [1.807, 2.05) is 0 Å². The first kappa shape index (κ1) is 6.44. The van der Waals surface area contributed by atoms with Crippen molar-refractivity contribution in [3.8, 4) is 0 Å². The lowest BCUT2D eigenvalue weighted by Crippen LogP contribution is -2.00. The van der Waals surface area contributed by atoms with Crippen molar-refractivity contribution in [2.24, 2.45) is 0 Å². The van der Waals surface area contributed by atoms with Gasteiger partial charge in [0.2, 0.25) is 0 Å². The summed E-state index contributed by atoms with van der Waals surface area (Å²) in [5.41, 5.74) is 0.731. The van der Waals surface area contributed by atoms with Crippen molar-refractivity contribution in [2.75, 3.05) is 0 Å². The molecule has 0 radical (unpaired) electrons. The lowest BCUT2D eigenvalue weighted by molar-refractivity contribution is 0.260. The molecule has 0 spiro atoms. The van der Waals surface area contributed by atoms with E-state index in [0.29, 0.717) is 0 Å². The summed E-state index contributed by atoms with van der Waals surface area (Å²) in [4.78, 5) is 0. The van der Waals surface area contributed by atoms with Gasteiger partial charge >= 0.3 is 0 Å². The van der Waals surface area contributed by atoms with Gasteiger partial charge in [-0.25, -0.2) is 0 Å². The third kappa shape index (κ3) is 2.18. The zero-order valence-corrected chi connectivity index (χ0v) is 4.52. The average Bonchev–Trinajstić information content (AvgIpc) is 1.65. The fraction of sp³-hybridized carbons (Fsp3) is 0.333. The lowest BCUT2D eigenvalue weighted by atomic mass is 10.2. The van der Waals surface area contributed by atoms with Gasteiger partial charge in [-0.05, 0) is 12.5 Å². The smallest absolute Gasteiger partial charge is 0.0923 e. The molecule has 0 aliphatic carbocycles. The molecular weight excluding hydrogens is 88.1 g/mol. The molecule has 0 saturated heterocycles. The summed E-state index contributed by atoms with van der Waals surface area (Å²) in [6.07, 6.45) is 0.919. The summed E-state index contributed by atoms with van der Waals surface area (Å²) in [5, 5.41) is 8.72. The molecule has 0 aliphatic rings. The predicted octanol–water partition coefficient (Wildman–Crippen LogP) is 1.11. The van der Waals surface area contributed by atoms with Gasteiger partial charge in [-0.3, -0.25) is 0 Å². The molecule has 0 aromatic rings. The maximum Gasteiger partial charge on any atom is 0.0923 e. The van der Waals surface area contributed by atoms with E-state index >= 15 is 0 Å². The number of aliphatic hydroxyl groups is 1. The monoisotopic (exact) mass is 98.1 g/mol. The standard InChI is InChI=1S/C6H10O/c1-4-6(7)5(2)3/h4,6-7H,1-2H2,3H3/t6-/m0/s1. The molecule has 1 heteroatoms. The Balaban J connectivity index is 3.55. The molecule has 40 valence electrons. The van der Waals surface area contributed by atoms with Crippen LogP contribution in [-0.2, 0) is 0 Å². The first-order valence-corrected chi connectivity index (χ1v) is 2.14. The second-order valence-corrected chi connectivity index (χ2v) is 1.53. The first-order valence-electron chi connectivity index (χ1n) is 2.14. The zero-order chi connectivity index (χ0) is 5.86. The molecule has 1 nitrogen and oxygen atoms in total. The largest absolute Gasteiger partial charge is 0.385 e. The van der Waals surface area contributed by atoms with Crippen LogP contribution in [0.3, 0.4) is 0 Å². The Morgan fingerprint density at radius 3 is 2.29 bits per heavy atom.